The van der Waals surface area contributed by atoms with Crippen molar-refractivity contribution in [3.63, 3.8) is 0 Å². The van der Waals surface area contributed by atoms with Gasteiger partial charge in [-0.05, 0) is 0 Å². The number of rotatable bonds is 1. The van der Waals surface area contributed by atoms with E-state index in [1.807, 2.05) is 0 Å². The first kappa shape index (κ1) is 10.3. The van der Waals surface area contributed by atoms with Crippen molar-refractivity contribution >= 4 is 10.4 Å². The average molecular weight is 226 g/mol. The molecule has 0 aromatic heterocycles. The summed E-state index contributed by atoms with van der Waals surface area (Å²) in [7, 11) is -4.09. The number of aliphatic hydroxyl groups is 3. The van der Waals surface area contributed by atoms with Crippen molar-refractivity contribution in [1.82, 2.24) is 0 Å². The molecule has 0 spiro atoms. The predicted molar refractivity (Wildman–Crippen MR) is 41.3 cm³/mol. The molecule has 1 aliphatic carbocycles. The summed E-state index contributed by atoms with van der Waals surface area (Å²) < 4.78 is 30.6. The Bertz CT molecular complexity index is 325. The topological polar surface area (TPSA) is 113 Å². The molecular weight excluding hydrogens is 216 g/mol. The quantitative estimate of drug-likeness (QED) is 0.448. The molecule has 1 aliphatic heterocycles. The number of hydrogen-bond donors (Lipinski definition) is 3. The summed E-state index contributed by atoms with van der Waals surface area (Å²) in [6.45, 7) is -0.474. The maximum Gasteiger partial charge on any atom is 0.400 e. The van der Waals surface area contributed by atoms with Crippen LogP contribution in [0.1, 0.15) is 0 Å². The highest BCUT2D eigenvalue weighted by molar-refractivity contribution is 7.82. The number of hydrogen-bond acceptors (Lipinski definition) is 7. The van der Waals surface area contributed by atoms with E-state index >= 15 is 0 Å². The van der Waals surface area contributed by atoms with Crippen LogP contribution in [0.25, 0.3) is 0 Å². The van der Waals surface area contributed by atoms with Crippen molar-refractivity contribution in [3.8, 4) is 0 Å². The van der Waals surface area contributed by atoms with Crippen LogP contribution >= 0.6 is 0 Å². The Labute approximate surface area is 80.2 Å². The number of aliphatic hydroxyl groups excluding tert-OH is 3. The summed E-state index contributed by atoms with van der Waals surface area (Å²) in [6, 6.07) is 0. The van der Waals surface area contributed by atoms with Crippen molar-refractivity contribution in [2.24, 2.45) is 5.92 Å². The highest BCUT2D eigenvalue weighted by atomic mass is 32.3. The zero-order valence-corrected chi connectivity index (χ0v) is 7.79. The highest BCUT2D eigenvalue weighted by Crippen LogP contribution is 2.38. The minimum Gasteiger partial charge on any atom is -0.396 e. The van der Waals surface area contributed by atoms with Crippen molar-refractivity contribution in [2.75, 3.05) is 6.61 Å². The fourth-order valence-electron chi connectivity index (χ4n) is 1.82. The Balaban J connectivity index is 2.27. The first-order valence-corrected chi connectivity index (χ1v) is 5.38. The summed E-state index contributed by atoms with van der Waals surface area (Å²) >= 11 is 0. The smallest absolute Gasteiger partial charge is 0.396 e. The molecule has 0 amide bonds. The van der Waals surface area contributed by atoms with E-state index in [0.29, 0.717) is 0 Å². The van der Waals surface area contributed by atoms with E-state index in [1.165, 1.54) is 0 Å². The van der Waals surface area contributed by atoms with Gasteiger partial charge in [0.15, 0.2) is 0 Å². The molecule has 7 nitrogen and oxygen atoms in total. The van der Waals surface area contributed by atoms with Gasteiger partial charge in [-0.1, -0.05) is 0 Å². The van der Waals surface area contributed by atoms with E-state index in [2.05, 4.69) is 8.37 Å². The Morgan fingerprint density at radius 2 is 1.64 bits per heavy atom. The summed E-state index contributed by atoms with van der Waals surface area (Å²) in [5.74, 6) is -0.840. The summed E-state index contributed by atoms with van der Waals surface area (Å²) in [5.41, 5.74) is 0. The highest BCUT2D eigenvalue weighted by Gasteiger charge is 2.58. The molecule has 2 aliphatic rings. The molecule has 1 saturated carbocycles. The van der Waals surface area contributed by atoms with Crippen LogP contribution in [-0.4, -0.2) is 54.8 Å². The van der Waals surface area contributed by atoms with Crippen LogP contribution in [0.3, 0.4) is 0 Å². The second-order valence-corrected chi connectivity index (χ2v) is 4.56. The molecule has 1 saturated heterocycles. The van der Waals surface area contributed by atoms with Gasteiger partial charge in [-0.25, -0.2) is 8.37 Å². The lowest BCUT2D eigenvalue weighted by atomic mass is 10.1. The first-order chi connectivity index (χ1) is 6.46. The van der Waals surface area contributed by atoms with Crippen LogP contribution in [0.15, 0.2) is 0 Å². The van der Waals surface area contributed by atoms with Gasteiger partial charge in [-0.15, -0.1) is 0 Å². The summed E-state index contributed by atoms with van der Waals surface area (Å²) in [4.78, 5) is 0. The molecule has 5 atom stereocenters. The van der Waals surface area contributed by atoms with E-state index in [1.54, 1.807) is 0 Å². The van der Waals surface area contributed by atoms with Gasteiger partial charge in [0.2, 0.25) is 0 Å². The second kappa shape index (κ2) is 3.12. The van der Waals surface area contributed by atoms with Gasteiger partial charge in [0.1, 0.15) is 18.3 Å². The van der Waals surface area contributed by atoms with E-state index in [0.717, 1.165) is 0 Å². The van der Waals surface area contributed by atoms with E-state index in [4.69, 9.17) is 5.11 Å². The number of fused-ring (bicyclic) bond motifs is 1. The van der Waals surface area contributed by atoms with Gasteiger partial charge in [0, 0.05) is 5.92 Å². The molecule has 14 heavy (non-hydrogen) atoms. The molecule has 3 N–H and O–H groups in total. The second-order valence-electron chi connectivity index (χ2n) is 3.36. The van der Waals surface area contributed by atoms with Crippen LogP contribution in [0.4, 0.5) is 0 Å². The van der Waals surface area contributed by atoms with Gasteiger partial charge >= 0.3 is 10.4 Å². The standard InChI is InChI=1S/C6H10O7S/c7-1-2-3(8)4(9)6-5(2)12-14(10,11)13-6/h2-9H,1H2. The largest absolute Gasteiger partial charge is 0.400 e. The molecule has 0 aromatic carbocycles. The molecule has 0 radical (unpaired) electrons. The fourth-order valence-corrected chi connectivity index (χ4v) is 2.89. The van der Waals surface area contributed by atoms with Gasteiger partial charge in [0.05, 0.1) is 12.7 Å². The van der Waals surface area contributed by atoms with Crippen molar-refractivity contribution in [2.45, 2.75) is 24.4 Å². The molecule has 1 heterocycles. The third-order valence-electron chi connectivity index (χ3n) is 2.54. The van der Waals surface area contributed by atoms with E-state index < -0.39 is 47.3 Å². The monoisotopic (exact) mass is 226 g/mol. The molecule has 0 aromatic rings. The van der Waals surface area contributed by atoms with Crippen LogP contribution in [0, 0.1) is 5.92 Å². The summed E-state index contributed by atoms with van der Waals surface area (Å²) in [6.07, 6.45) is -4.71. The van der Waals surface area contributed by atoms with Crippen LogP contribution in [-0.2, 0) is 18.8 Å². The Morgan fingerprint density at radius 3 is 2.21 bits per heavy atom. The van der Waals surface area contributed by atoms with Gasteiger partial charge in [0.25, 0.3) is 0 Å². The van der Waals surface area contributed by atoms with Gasteiger partial charge in [-0.2, -0.15) is 8.42 Å². The van der Waals surface area contributed by atoms with Crippen molar-refractivity contribution in [1.29, 1.82) is 0 Å². The summed E-state index contributed by atoms with van der Waals surface area (Å²) in [5, 5.41) is 27.6. The van der Waals surface area contributed by atoms with Crippen LogP contribution in [0.5, 0.6) is 0 Å². The lowest BCUT2D eigenvalue weighted by molar-refractivity contribution is -0.0232. The molecule has 2 fully saturated rings. The predicted octanol–water partition coefficient (Wildman–Crippen LogP) is -2.64. The average Bonchev–Trinajstić information content (AvgIpc) is 2.50. The molecule has 82 valence electrons. The van der Waals surface area contributed by atoms with Crippen LogP contribution in [0.2, 0.25) is 0 Å². The lowest BCUT2D eigenvalue weighted by Gasteiger charge is -2.16. The zero-order valence-electron chi connectivity index (χ0n) is 6.98. The van der Waals surface area contributed by atoms with Gasteiger partial charge < -0.3 is 15.3 Å². The maximum atomic E-state index is 10.8. The van der Waals surface area contributed by atoms with Crippen LogP contribution < -0.4 is 0 Å². The third-order valence-corrected chi connectivity index (χ3v) is 3.46. The normalized spacial score (nSPS) is 50.6. The van der Waals surface area contributed by atoms with E-state index in [-0.39, 0.29) is 0 Å². The van der Waals surface area contributed by atoms with Crippen molar-refractivity contribution < 1.29 is 32.1 Å². The van der Waals surface area contributed by atoms with Gasteiger partial charge in [-0.3, -0.25) is 0 Å². The molecule has 0 bridgehead atoms. The molecule has 8 heteroatoms. The zero-order chi connectivity index (χ0) is 10.5. The third kappa shape index (κ3) is 1.35. The Morgan fingerprint density at radius 1 is 1.07 bits per heavy atom. The fraction of sp³-hybridized carbons (Fsp3) is 1.00. The van der Waals surface area contributed by atoms with E-state index in [9.17, 15) is 18.6 Å². The first-order valence-electron chi connectivity index (χ1n) is 4.05. The minimum atomic E-state index is -4.09. The lowest BCUT2D eigenvalue weighted by Crippen LogP contribution is -2.33. The SMILES string of the molecule is O=S1(=O)OC2C(O)C(O)C(CO)C2O1. The Kier molecular flexibility index (Phi) is 2.29. The molecule has 2 rings (SSSR count). The maximum absolute atomic E-state index is 10.8. The molecular formula is C6H10O7S. The van der Waals surface area contributed by atoms with Crippen molar-refractivity contribution in [3.05, 3.63) is 0 Å². The Hall–Kier alpha value is -0.250. The molecule has 5 unspecified atom stereocenters. The minimum absolute atomic E-state index is 0.474.